The number of aromatic nitrogens is 2. The van der Waals surface area contributed by atoms with Crippen LogP contribution < -0.4 is 10.4 Å². The molecule has 0 aliphatic heterocycles. The molecule has 0 aliphatic rings. The number of hydrogen-bond acceptors (Lipinski definition) is 4. The number of hydrogen-bond donors (Lipinski definition) is 1. The number of thiazole rings is 1. The summed E-state index contributed by atoms with van der Waals surface area (Å²) in [6.07, 6.45) is 1.64. The van der Waals surface area contributed by atoms with E-state index in [2.05, 4.69) is 86.4 Å². The second-order valence-corrected chi connectivity index (χ2v) is 14.8. The highest BCUT2D eigenvalue weighted by Gasteiger charge is 2.50. The van der Waals surface area contributed by atoms with Crippen LogP contribution in [0.3, 0.4) is 0 Å². The summed E-state index contributed by atoms with van der Waals surface area (Å²) >= 11 is 1.18. The Morgan fingerprint density at radius 2 is 1.62 bits per heavy atom. The highest BCUT2D eigenvalue weighted by Crippen LogP contribution is 2.37. The summed E-state index contributed by atoms with van der Waals surface area (Å²) < 4.78 is 8.91. The lowest BCUT2D eigenvalue weighted by Crippen LogP contribution is -2.66. The number of fused-ring (bicyclic) bond motifs is 3. The molecule has 0 atom stereocenters. The molecule has 2 aromatic heterocycles. The number of carbonyl (C=O) groups is 1. The minimum Gasteiger partial charge on any atom is -0.477 e. The summed E-state index contributed by atoms with van der Waals surface area (Å²) in [6, 6.07) is 27.3. The molecule has 3 aromatic carbocycles. The lowest BCUT2D eigenvalue weighted by Gasteiger charge is -2.43. The Hall–Kier alpha value is -3.26. The smallest absolute Gasteiger partial charge is 0.347 e. The van der Waals surface area contributed by atoms with E-state index in [9.17, 15) is 9.90 Å². The molecular formula is C27H26N2O3SSi. The SMILES string of the molecule is CC(C)(C)[Si](OCc1ccc2nc3sc(C(=O)O)cn3c2c1)(c1ccccc1)c1ccccc1. The number of benzene rings is 3. The van der Waals surface area contributed by atoms with Gasteiger partial charge in [0.05, 0.1) is 17.6 Å². The molecule has 0 radical (unpaired) electrons. The minimum absolute atomic E-state index is 0.104. The van der Waals surface area contributed by atoms with Gasteiger partial charge >= 0.3 is 5.97 Å². The molecule has 0 amide bonds. The van der Waals surface area contributed by atoms with Gasteiger partial charge in [0.25, 0.3) is 8.32 Å². The first-order valence-electron chi connectivity index (χ1n) is 11.2. The molecule has 7 heteroatoms. The zero-order chi connectivity index (χ0) is 23.9. The third-order valence-corrected chi connectivity index (χ3v) is 12.2. The van der Waals surface area contributed by atoms with Gasteiger partial charge in [0.1, 0.15) is 4.88 Å². The van der Waals surface area contributed by atoms with Crippen LogP contribution in [0.4, 0.5) is 0 Å². The fraction of sp³-hybridized carbons (Fsp3) is 0.185. The lowest BCUT2D eigenvalue weighted by atomic mass is 10.2. The molecule has 0 spiro atoms. The maximum atomic E-state index is 11.4. The van der Waals surface area contributed by atoms with E-state index in [1.54, 1.807) is 6.20 Å². The number of carboxylic acid groups (broad SMARTS) is 1. The number of nitrogens with zero attached hydrogens (tertiary/aromatic N) is 2. The van der Waals surface area contributed by atoms with Crippen LogP contribution in [0.25, 0.3) is 16.0 Å². The summed E-state index contributed by atoms with van der Waals surface area (Å²) in [7, 11) is -2.65. The number of rotatable bonds is 6. The van der Waals surface area contributed by atoms with Crippen molar-refractivity contribution in [3.8, 4) is 0 Å². The Kier molecular flexibility index (Phi) is 5.63. The molecule has 0 fully saturated rings. The summed E-state index contributed by atoms with van der Waals surface area (Å²) in [5.74, 6) is -0.935. The second-order valence-electron chi connectivity index (χ2n) is 9.44. The molecular weight excluding hydrogens is 460 g/mol. The van der Waals surface area contributed by atoms with Crippen LogP contribution in [-0.2, 0) is 11.0 Å². The van der Waals surface area contributed by atoms with E-state index >= 15 is 0 Å². The first kappa shape index (κ1) is 22.5. The summed E-state index contributed by atoms with van der Waals surface area (Å²) in [5.41, 5.74) is 2.77. The second kappa shape index (κ2) is 8.50. The number of imidazole rings is 1. The van der Waals surface area contributed by atoms with Crippen LogP contribution in [0.15, 0.2) is 85.1 Å². The van der Waals surface area contributed by atoms with Crippen LogP contribution in [0.5, 0.6) is 0 Å². The predicted molar refractivity (Wildman–Crippen MR) is 140 cm³/mol. The highest BCUT2D eigenvalue weighted by atomic mass is 32.1. The van der Waals surface area contributed by atoms with E-state index in [1.165, 1.54) is 21.7 Å². The van der Waals surface area contributed by atoms with Gasteiger partial charge in [0, 0.05) is 6.20 Å². The van der Waals surface area contributed by atoms with Gasteiger partial charge in [-0.25, -0.2) is 9.78 Å². The molecule has 2 heterocycles. The van der Waals surface area contributed by atoms with E-state index < -0.39 is 14.3 Å². The third kappa shape index (κ3) is 3.75. The van der Waals surface area contributed by atoms with Crippen molar-refractivity contribution in [2.75, 3.05) is 0 Å². The average molecular weight is 487 g/mol. The molecule has 0 aliphatic carbocycles. The molecule has 34 heavy (non-hydrogen) atoms. The van der Waals surface area contributed by atoms with Gasteiger partial charge in [-0.3, -0.25) is 4.40 Å². The summed E-state index contributed by atoms with van der Waals surface area (Å²) in [4.78, 5) is 16.9. The largest absolute Gasteiger partial charge is 0.477 e. The van der Waals surface area contributed by atoms with Crippen molar-refractivity contribution >= 4 is 52.0 Å². The number of aromatic carboxylic acids is 1. The Morgan fingerprint density at radius 3 is 2.18 bits per heavy atom. The van der Waals surface area contributed by atoms with E-state index in [1.807, 2.05) is 22.6 Å². The first-order chi connectivity index (χ1) is 16.3. The van der Waals surface area contributed by atoms with Gasteiger partial charge in [0.15, 0.2) is 4.96 Å². The van der Waals surface area contributed by atoms with Gasteiger partial charge in [-0.05, 0) is 33.1 Å². The molecule has 5 aromatic rings. The van der Waals surface area contributed by atoms with Crippen LogP contribution in [-0.4, -0.2) is 28.8 Å². The van der Waals surface area contributed by atoms with Crippen molar-refractivity contribution in [3.63, 3.8) is 0 Å². The van der Waals surface area contributed by atoms with E-state index in [4.69, 9.17) is 4.43 Å². The molecule has 1 N–H and O–H groups in total. The number of carboxylic acids is 1. The van der Waals surface area contributed by atoms with Crippen molar-refractivity contribution < 1.29 is 14.3 Å². The molecule has 172 valence electrons. The molecule has 0 saturated carbocycles. The monoisotopic (exact) mass is 486 g/mol. The molecule has 5 nitrogen and oxygen atoms in total. The molecule has 5 rings (SSSR count). The van der Waals surface area contributed by atoms with E-state index in [0.29, 0.717) is 11.6 Å². The molecule has 0 unspecified atom stereocenters. The predicted octanol–water partition coefficient (Wildman–Crippen LogP) is 5.32. The van der Waals surface area contributed by atoms with E-state index in [0.717, 1.165) is 16.6 Å². The Bertz CT molecular complexity index is 1430. The topological polar surface area (TPSA) is 63.8 Å². The Labute approximate surface area is 203 Å². The van der Waals surface area contributed by atoms with Gasteiger partial charge < -0.3 is 9.53 Å². The zero-order valence-electron chi connectivity index (χ0n) is 19.4. The Balaban J connectivity index is 1.58. The highest BCUT2D eigenvalue weighted by molar-refractivity contribution is 7.18. The summed E-state index contributed by atoms with van der Waals surface area (Å²) in [6.45, 7) is 7.25. The fourth-order valence-corrected chi connectivity index (χ4v) is 10.1. The first-order valence-corrected chi connectivity index (χ1v) is 13.9. The maximum absolute atomic E-state index is 11.4. The van der Waals surface area contributed by atoms with Crippen molar-refractivity contribution in [3.05, 3.63) is 95.5 Å². The van der Waals surface area contributed by atoms with Gasteiger partial charge in [0.2, 0.25) is 0 Å². The molecule has 0 bridgehead atoms. The normalized spacial score (nSPS) is 12.4. The minimum atomic E-state index is -2.65. The van der Waals surface area contributed by atoms with Gasteiger partial charge in [-0.15, -0.1) is 0 Å². The quantitative estimate of drug-likeness (QED) is 0.330. The van der Waals surface area contributed by atoms with Crippen molar-refractivity contribution in [1.29, 1.82) is 0 Å². The third-order valence-electron chi connectivity index (χ3n) is 6.25. The van der Waals surface area contributed by atoms with Crippen LogP contribution >= 0.6 is 11.3 Å². The van der Waals surface area contributed by atoms with Gasteiger partial charge in [-0.2, -0.15) is 0 Å². The fourth-order valence-electron chi connectivity index (χ4n) is 4.70. The van der Waals surface area contributed by atoms with Crippen molar-refractivity contribution in [2.45, 2.75) is 32.4 Å². The standard InChI is InChI=1S/C27H26N2O3SSi/c1-27(2,3)34(20-10-6-4-7-11-20,21-12-8-5-9-13-21)32-18-19-14-15-22-23(16-19)29-17-24(25(30)31)33-26(29)28-22/h4-17H,18H2,1-3H3,(H,30,31). The van der Waals surface area contributed by atoms with E-state index in [-0.39, 0.29) is 9.92 Å². The maximum Gasteiger partial charge on any atom is 0.347 e. The van der Waals surface area contributed by atoms with Gasteiger partial charge in [-0.1, -0.05) is 98.8 Å². The van der Waals surface area contributed by atoms with Crippen molar-refractivity contribution in [2.24, 2.45) is 0 Å². The zero-order valence-corrected chi connectivity index (χ0v) is 21.2. The average Bonchev–Trinajstić information content (AvgIpc) is 3.38. The van der Waals surface area contributed by atoms with Crippen LogP contribution in [0.2, 0.25) is 5.04 Å². The van der Waals surface area contributed by atoms with Crippen molar-refractivity contribution in [1.82, 2.24) is 9.38 Å². The van der Waals surface area contributed by atoms with Crippen LogP contribution in [0, 0.1) is 0 Å². The van der Waals surface area contributed by atoms with Crippen LogP contribution in [0.1, 0.15) is 36.0 Å². The Morgan fingerprint density at radius 1 is 1.00 bits per heavy atom. The lowest BCUT2D eigenvalue weighted by molar-refractivity contribution is 0.0702. The molecule has 0 saturated heterocycles. The summed E-state index contributed by atoms with van der Waals surface area (Å²) in [5, 5.41) is 11.7.